The highest BCUT2D eigenvalue weighted by Crippen LogP contribution is 2.29. The van der Waals surface area contributed by atoms with Crippen molar-refractivity contribution in [2.24, 2.45) is 0 Å². The van der Waals surface area contributed by atoms with Gasteiger partial charge in [0.25, 0.3) is 0 Å². The highest BCUT2D eigenvalue weighted by Gasteiger charge is 2.25. The molecule has 0 aliphatic rings. The van der Waals surface area contributed by atoms with Gasteiger partial charge in [-0.25, -0.2) is 8.42 Å². The molecule has 0 aliphatic heterocycles. The first-order valence-corrected chi connectivity index (χ1v) is 8.05. The lowest BCUT2D eigenvalue weighted by atomic mass is 10.0. The van der Waals surface area contributed by atoms with Crippen LogP contribution >= 0.6 is 11.6 Å². The van der Waals surface area contributed by atoms with E-state index in [-0.39, 0.29) is 0 Å². The lowest BCUT2D eigenvalue weighted by Gasteiger charge is -2.17. The van der Waals surface area contributed by atoms with Crippen molar-refractivity contribution in [1.29, 1.82) is 0 Å². The first-order valence-electron chi connectivity index (χ1n) is 5.66. The molecule has 0 bridgehead atoms. The molecule has 0 spiro atoms. The fourth-order valence-electron chi connectivity index (χ4n) is 1.55. The minimum atomic E-state index is -3.11. The summed E-state index contributed by atoms with van der Waals surface area (Å²) < 4.78 is 22.9. The first kappa shape index (κ1) is 14.5. The van der Waals surface area contributed by atoms with Gasteiger partial charge < -0.3 is 0 Å². The molecule has 1 aromatic rings. The van der Waals surface area contributed by atoms with Crippen LogP contribution in [0.4, 0.5) is 0 Å². The molecule has 0 aromatic heterocycles. The average Bonchev–Trinajstić information content (AvgIpc) is 2.26. The van der Waals surface area contributed by atoms with Gasteiger partial charge in [-0.3, -0.25) is 0 Å². The Morgan fingerprint density at radius 2 is 1.41 bits per heavy atom. The Morgan fingerprint density at radius 1 is 1.00 bits per heavy atom. The van der Waals surface area contributed by atoms with Crippen LogP contribution < -0.4 is 0 Å². The lowest BCUT2D eigenvalue weighted by molar-refractivity contribution is 0.587. The maximum Gasteiger partial charge on any atom is 0.151 e. The Hall–Kier alpha value is -0.540. The summed E-state index contributed by atoms with van der Waals surface area (Å²) in [5.41, 5.74) is 2.08. The van der Waals surface area contributed by atoms with Gasteiger partial charge >= 0.3 is 0 Å². The normalized spacial score (nSPS) is 15.9. The van der Waals surface area contributed by atoms with E-state index in [9.17, 15) is 8.42 Å². The van der Waals surface area contributed by atoms with E-state index in [1.165, 1.54) is 11.8 Å². The molecule has 0 saturated carbocycles. The van der Waals surface area contributed by atoms with E-state index in [0.717, 1.165) is 5.56 Å². The van der Waals surface area contributed by atoms with Gasteiger partial charge in [-0.1, -0.05) is 38.1 Å². The second kappa shape index (κ2) is 5.40. The van der Waals surface area contributed by atoms with Gasteiger partial charge in [-0.15, -0.1) is 11.6 Å². The third-order valence-corrected chi connectivity index (χ3v) is 5.41. The van der Waals surface area contributed by atoms with Crippen LogP contribution in [0.15, 0.2) is 24.3 Å². The van der Waals surface area contributed by atoms with E-state index < -0.39 is 20.5 Å². The van der Waals surface area contributed by atoms with Crippen molar-refractivity contribution in [3.63, 3.8) is 0 Å². The third-order valence-electron chi connectivity index (χ3n) is 3.01. The molecule has 0 N–H and O–H groups in total. The summed E-state index contributed by atoms with van der Waals surface area (Å²) in [5.74, 6) is 0.463. The third kappa shape index (κ3) is 3.71. The molecule has 1 aromatic carbocycles. The zero-order chi connectivity index (χ0) is 13.2. The maximum absolute atomic E-state index is 11.4. The van der Waals surface area contributed by atoms with Gasteiger partial charge in [0.2, 0.25) is 0 Å². The van der Waals surface area contributed by atoms with Crippen LogP contribution in [0.1, 0.15) is 43.2 Å². The fourth-order valence-corrected chi connectivity index (χ4v) is 2.85. The molecule has 4 heteroatoms. The van der Waals surface area contributed by atoms with Gasteiger partial charge in [-0.05, 0) is 24.0 Å². The average molecular weight is 275 g/mol. The van der Waals surface area contributed by atoms with Crippen molar-refractivity contribution in [2.75, 3.05) is 6.26 Å². The molecular formula is C13H19ClO2S. The van der Waals surface area contributed by atoms with Crippen LogP contribution in [0.2, 0.25) is 0 Å². The maximum atomic E-state index is 11.4. The topological polar surface area (TPSA) is 34.1 Å². The molecule has 0 fully saturated rings. The molecular weight excluding hydrogens is 256 g/mol. The molecule has 0 radical (unpaired) electrons. The zero-order valence-corrected chi connectivity index (χ0v) is 12.2. The van der Waals surface area contributed by atoms with Crippen LogP contribution in [0, 0.1) is 0 Å². The van der Waals surface area contributed by atoms with E-state index >= 15 is 0 Å². The molecule has 0 aliphatic carbocycles. The molecule has 0 amide bonds. The van der Waals surface area contributed by atoms with Crippen molar-refractivity contribution < 1.29 is 8.42 Å². The summed E-state index contributed by atoms with van der Waals surface area (Å²) in [6.45, 7) is 5.88. The minimum Gasteiger partial charge on any atom is -0.229 e. The van der Waals surface area contributed by atoms with Gasteiger partial charge in [0.1, 0.15) is 0 Å². The van der Waals surface area contributed by atoms with Crippen LogP contribution in [-0.2, 0) is 9.84 Å². The summed E-state index contributed by atoms with van der Waals surface area (Å²) in [5, 5.41) is -1.07. The van der Waals surface area contributed by atoms with E-state index in [4.69, 9.17) is 11.6 Å². The van der Waals surface area contributed by atoms with Crippen LogP contribution in [0.5, 0.6) is 0 Å². The second-order valence-electron chi connectivity index (χ2n) is 4.76. The number of sulfone groups is 1. The van der Waals surface area contributed by atoms with Crippen LogP contribution in [0.3, 0.4) is 0 Å². The standard InChI is InChI=1S/C13H19ClO2S/c1-9(2)11-5-7-12(8-6-11)13(14)10(3)17(4,15)16/h5-10,13H,1-4H3. The van der Waals surface area contributed by atoms with E-state index in [2.05, 4.69) is 13.8 Å². The van der Waals surface area contributed by atoms with Crippen molar-refractivity contribution in [3.8, 4) is 0 Å². The molecule has 96 valence electrons. The van der Waals surface area contributed by atoms with Crippen molar-refractivity contribution in [1.82, 2.24) is 0 Å². The van der Waals surface area contributed by atoms with E-state index in [1.807, 2.05) is 24.3 Å². The largest absolute Gasteiger partial charge is 0.229 e. The summed E-state index contributed by atoms with van der Waals surface area (Å²) >= 11 is 6.19. The molecule has 2 atom stereocenters. The Kier molecular flexibility index (Phi) is 4.62. The Balaban J connectivity index is 2.94. The molecule has 17 heavy (non-hydrogen) atoms. The molecule has 2 unspecified atom stereocenters. The van der Waals surface area contributed by atoms with Crippen molar-refractivity contribution in [3.05, 3.63) is 35.4 Å². The van der Waals surface area contributed by atoms with Gasteiger partial charge in [-0.2, -0.15) is 0 Å². The Morgan fingerprint density at radius 3 is 1.76 bits per heavy atom. The molecule has 0 saturated heterocycles. The summed E-state index contributed by atoms with van der Waals surface area (Å²) in [6, 6.07) is 7.83. The molecule has 0 heterocycles. The van der Waals surface area contributed by atoms with Gasteiger partial charge in [0, 0.05) is 6.26 Å². The highest BCUT2D eigenvalue weighted by molar-refractivity contribution is 7.91. The predicted octanol–water partition coefficient (Wildman–Crippen LogP) is 3.52. The van der Waals surface area contributed by atoms with E-state index in [0.29, 0.717) is 5.92 Å². The first-order chi connectivity index (χ1) is 7.73. The predicted molar refractivity (Wildman–Crippen MR) is 73.4 cm³/mol. The Bertz CT molecular complexity index is 463. The minimum absolute atomic E-state index is 0.463. The number of benzene rings is 1. The Labute approximate surface area is 109 Å². The monoisotopic (exact) mass is 274 g/mol. The SMILES string of the molecule is CC(C)c1ccc(C(Cl)C(C)S(C)(=O)=O)cc1. The summed E-state index contributed by atoms with van der Waals surface area (Å²) in [7, 11) is -3.11. The quantitative estimate of drug-likeness (QED) is 0.787. The second-order valence-corrected chi connectivity index (χ2v) is 7.63. The number of hydrogen-bond acceptors (Lipinski definition) is 2. The smallest absolute Gasteiger partial charge is 0.151 e. The molecule has 1 rings (SSSR count). The van der Waals surface area contributed by atoms with Crippen LogP contribution in [0.25, 0.3) is 0 Å². The van der Waals surface area contributed by atoms with Crippen LogP contribution in [-0.4, -0.2) is 19.9 Å². The van der Waals surface area contributed by atoms with E-state index in [1.54, 1.807) is 6.92 Å². The number of hydrogen-bond donors (Lipinski definition) is 0. The summed E-state index contributed by atoms with van der Waals surface area (Å²) in [4.78, 5) is 0. The number of rotatable bonds is 4. The number of alkyl halides is 1. The lowest BCUT2D eigenvalue weighted by Crippen LogP contribution is -2.21. The zero-order valence-electron chi connectivity index (χ0n) is 10.6. The number of halogens is 1. The van der Waals surface area contributed by atoms with Gasteiger partial charge in [0.15, 0.2) is 9.84 Å². The van der Waals surface area contributed by atoms with Crippen molar-refractivity contribution in [2.45, 2.75) is 37.3 Å². The fraction of sp³-hybridized carbons (Fsp3) is 0.538. The molecule has 2 nitrogen and oxygen atoms in total. The highest BCUT2D eigenvalue weighted by atomic mass is 35.5. The van der Waals surface area contributed by atoms with Crippen molar-refractivity contribution >= 4 is 21.4 Å². The van der Waals surface area contributed by atoms with Gasteiger partial charge in [0.05, 0.1) is 10.6 Å². The summed E-state index contributed by atoms with van der Waals surface area (Å²) in [6.07, 6.45) is 1.22.